The van der Waals surface area contributed by atoms with Crippen LogP contribution in [0, 0.1) is 10.1 Å². The van der Waals surface area contributed by atoms with Crippen molar-refractivity contribution < 1.29 is 19.1 Å². The zero-order chi connectivity index (χ0) is 22.9. The fourth-order valence-corrected chi connectivity index (χ4v) is 3.16. The number of nitrogens with zero attached hydrogens (tertiary/aromatic N) is 3. The normalized spacial score (nSPS) is 11.7. The number of halogens is 1. The number of nitrogens with one attached hydrogen (secondary N) is 3. The van der Waals surface area contributed by atoms with Crippen molar-refractivity contribution in [2.24, 2.45) is 0 Å². The summed E-state index contributed by atoms with van der Waals surface area (Å²) in [4.78, 5) is 34.8. The summed E-state index contributed by atoms with van der Waals surface area (Å²) >= 11 is 5.47. The maximum atomic E-state index is 12.9. The molecule has 0 fully saturated rings. The second kappa shape index (κ2) is 11.0. The lowest BCUT2D eigenvalue weighted by Crippen LogP contribution is -2.40. The number of alkyl halides is 1. The first-order chi connectivity index (χ1) is 15.5. The molecule has 1 atom stereocenters. The van der Waals surface area contributed by atoms with Crippen LogP contribution in [0.2, 0.25) is 0 Å². The van der Waals surface area contributed by atoms with Gasteiger partial charge in [-0.05, 0) is 34.8 Å². The van der Waals surface area contributed by atoms with Crippen LogP contribution in [-0.4, -0.2) is 45.5 Å². The lowest BCUT2D eigenvalue weighted by atomic mass is 10.1. The predicted octanol–water partition coefficient (Wildman–Crippen LogP) is 2.36. The molecule has 0 spiro atoms. The van der Waals surface area contributed by atoms with Crippen molar-refractivity contribution in [1.29, 1.82) is 0 Å². The van der Waals surface area contributed by atoms with Gasteiger partial charge in [-0.15, -0.1) is 11.6 Å². The van der Waals surface area contributed by atoms with E-state index >= 15 is 0 Å². The Morgan fingerprint density at radius 3 is 2.56 bits per heavy atom. The summed E-state index contributed by atoms with van der Waals surface area (Å²) in [6.07, 6.45) is 0.860. The van der Waals surface area contributed by atoms with Crippen LogP contribution in [0.3, 0.4) is 0 Å². The first-order valence-electron chi connectivity index (χ1n) is 9.80. The number of nitro benzene ring substituents is 1. The van der Waals surface area contributed by atoms with Crippen LogP contribution < -0.4 is 16.0 Å². The largest absolute Gasteiger partial charge is 0.372 e. The second-order valence-electron chi connectivity index (χ2n) is 6.88. The molecule has 1 heterocycles. The van der Waals surface area contributed by atoms with Gasteiger partial charge in [-0.25, -0.2) is 4.63 Å². The summed E-state index contributed by atoms with van der Waals surface area (Å²) in [6, 6.07) is 11.5. The highest BCUT2D eigenvalue weighted by Gasteiger charge is 2.24. The summed E-state index contributed by atoms with van der Waals surface area (Å²) in [5, 5.41) is 27.1. The van der Waals surface area contributed by atoms with Crippen LogP contribution in [-0.2, 0) is 16.1 Å². The molecule has 0 aliphatic carbocycles. The highest BCUT2D eigenvalue weighted by atomic mass is 35.5. The minimum Gasteiger partial charge on any atom is -0.372 e. The molecule has 3 aromatic rings. The number of anilines is 1. The molecule has 168 valence electrons. The van der Waals surface area contributed by atoms with Gasteiger partial charge >= 0.3 is 5.69 Å². The minimum absolute atomic E-state index is 0.0159. The molecule has 0 aliphatic rings. The molecule has 32 heavy (non-hydrogen) atoms. The Morgan fingerprint density at radius 2 is 1.84 bits per heavy atom. The van der Waals surface area contributed by atoms with Crippen LogP contribution in [0.1, 0.15) is 18.4 Å². The third kappa shape index (κ3) is 5.91. The maximum Gasteiger partial charge on any atom is 0.300 e. The maximum absolute atomic E-state index is 12.9. The van der Waals surface area contributed by atoms with E-state index in [1.165, 1.54) is 12.1 Å². The van der Waals surface area contributed by atoms with E-state index < -0.39 is 11.0 Å². The van der Waals surface area contributed by atoms with Crippen molar-refractivity contribution in [3.8, 4) is 0 Å². The number of fused-ring (bicyclic) bond motifs is 1. The number of rotatable bonds is 11. The highest BCUT2D eigenvalue weighted by Crippen LogP contribution is 2.29. The van der Waals surface area contributed by atoms with Crippen LogP contribution in [0.4, 0.5) is 11.4 Å². The van der Waals surface area contributed by atoms with Crippen molar-refractivity contribution in [2.75, 3.05) is 17.7 Å². The first-order valence-corrected chi connectivity index (χ1v) is 10.3. The topological polar surface area (TPSA) is 152 Å². The van der Waals surface area contributed by atoms with Crippen molar-refractivity contribution in [3.63, 3.8) is 0 Å². The van der Waals surface area contributed by atoms with Gasteiger partial charge in [-0.2, -0.15) is 0 Å². The quantitative estimate of drug-likeness (QED) is 0.170. The van der Waals surface area contributed by atoms with E-state index in [1.807, 2.05) is 30.3 Å². The molecule has 11 nitrogen and oxygen atoms in total. The second-order valence-corrected chi connectivity index (χ2v) is 7.14. The van der Waals surface area contributed by atoms with Gasteiger partial charge in [0.15, 0.2) is 5.52 Å². The molecule has 3 rings (SSSR count). The Hall–Kier alpha value is -3.73. The van der Waals surface area contributed by atoms with Crippen molar-refractivity contribution >= 4 is 45.8 Å². The van der Waals surface area contributed by atoms with Crippen molar-refractivity contribution in [3.05, 3.63) is 58.1 Å². The molecule has 1 aromatic heterocycles. The van der Waals surface area contributed by atoms with E-state index in [0.717, 1.165) is 5.56 Å². The standard InChI is InChI=1S/C20H21ClN6O5/c21-11-17(28)22-10-4-7-15(20(29)23-12-13-5-2-1-3-6-13)24-14-8-9-16(27(30)31)19-18(14)25-32-26-19/h1-3,5-6,8-9,15,24H,4,7,10-12H2,(H,22,28)(H,23,29)/t15-/m0/s1. The van der Waals surface area contributed by atoms with E-state index in [-0.39, 0.29) is 34.4 Å². The van der Waals surface area contributed by atoms with Gasteiger partial charge in [-0.3, -0.25) is 19.7 Å². The summed E-state index contributed by atoms with van der Waals surface area (Å²) in [6.45, 7) is 0.679. The zero-order valence-electron chi connectivity index (χ0n) is 16.9. The number of hydrogen-bond acceptors (Lipinski definition) is 8. The summed E-state index contributed by atoms with van der Waals surface area (Å²) in [5.41, 5.74) is 1.19. The third-order valence-corrected chi connectivity index (χ3v) is 4.90. The van der Waals surface area contributed by atoms with Crippen molar-refractivity contribution in [2.45, 2.75) is 25.4 Å². The zero-order valence-corrected chi connectivity index (χ0v) is 17.7. The average Bonchev–Trinajstić information content (AvgIpc) is 3.30. The van der Waals surface area contributed by atoms with E-state index in [9.17, 15) is 19.7 Å². The van der Waals surface area contributed by atoms with Gasteiger partial charge in [0.05, 0.1) is 10.6 Å². The first kappa shape index (κ1) is 22.9. The Morgan fingerprint density at radius 1 is 1.09 bits per heavy atom. The molecule has 0 aliphatic heterocycles. The molecular weight excluding hydrogens is 440 g/mol. The van der Waals surface area contributed by atoms with Gasteiger partial charge < -0.3 is 16.0 Å². The molecule has 0 unspecified atom stereocenters. The lowest BCUT2D eigenvalue weighted by molar-refractivity contribution is -0.383. The van der Waals surface area contributed by atoms with Gasteiger partial charge in [0.2, 0.25) is 17.3 Å². The Bertz CT molecular complexity index is 1090. The van der Waals surface area contributed by atoms with E-state index in [4.69, 9.17) is 11.6 Å². The monoisotopic (exact) mass is 460 g/mol. The molecule has 0 saturated heterocycles. The van der Waals surface area contributed by atoms with Gasteiger partial charge in [-0.1, -0.05) is 30.3 Å². The summed E-state index contributed by atoms with van der Waals surface area (Å²) < 4.78 is 4.68. The molecule has 2 amide bonds. The van der Waals surface area contributed by atoms with Crippen LogP contribution in [0.5, 0.6) is 0 Å². The minimum atomic E-state index is -0.701. The fraction of sp³-hybridized carbons (Fsp3) is 0.300. The fourth-order valence-electron chi connectivity index (χ4n) is 3.06. The molecule has 0 radical (unpaired) electrons. The molecule has 12 heteroatoms. The number of carbonyl (C=O) groups excluding carboxylic acids is 2. The average molecular weight is 461 g/mol. The van der Waals surface area contributed by atoms with E-state index in [2.05, 4.69) is 30.9 Å². The van der Waals surface area contributed by atoms with Crippen LogP contribution in [0.15, 0.2) is 47.1 Å². The van der Waals surface area contributed by atoms with Crippen molar-refractivity contribution in [1.82, 2.24) is 20.9 Å². The molecule has 3 N–H and O–H groups in total. The third-order valence-electron chi connectivity index (χ3n) is 4.66. The predicted molar refractivity (Wildman–Crippen MR) is 117 cm³/mol. The number of nitro groups is 1. The number of non-ortho nitro benzene ring substituents is 1. The van der Waals surface area contributed by atoms with E-state index in [1.54, 1.807) is 0 Å². The molecular formula is C20H21ClN6O5. The SMILES string of the molecule is O=C(CCl)NCCC[C@H](Nc1ccc([N+](=O)[O-])c2nonc12)C(=O)NCc1ccccc1. The Labute approximate surface area is 187 Å². The molecule has 2 aromatic carbocycles. The number of aromatic nitrogens is 2. The van der Waals surface area contributed by atoms with Crippen LogP contribution >= 0.6 is 11.6 Å². The number of amides is 2. The van der Waals surface area contributed by atoms with Gasteiger partial charge in [0, 0.05) is 19.2 Å². The Kier molecular flexibility index (Phi) is 7.92. The Balaban J connectivity index is 1.74. The number of carbonyl (C=O) groups is 2. The van der Waals surface area contributed by atoms with Crippen LogP contribution in [0.25, 0.3) is 11.0 Å². The number of hydrogen-bond donors (Lipinski definition) is 3. The number of benzene rings is 2. The smallest absolute Gasteiger partial charge is 0.300 e. The molecule has 0 bridgehead atoms. The summed E-state index contributed by atoms with van der Waals surface area (Å²) in [7, 11) is 0. The van der Waals surface area contributed by atoms with Gasteiger partial charge in [0.25, 0.3) is 0 Å². The molecule has 0 saturated carbocycles. The van der Waals surface area contributed by atoms with E-state index in [0.29, 0.717) is 31.6 Å². The highest BCUT2D eigenvalue weighted by molar-refractivity contribution is 6.27. The lowest BCUT2D eigenvalue weighted by Gasteiger charge is -2.20. The summed E-state index contributed by atoms with van der Waals surface area (Å²) in [5.74, 6) is -0.713. The van der Waals surface area contributed by atoms with Gasteiger partial charge in [0.1, 0.15) is 11.9 Å².